The number of fused-ring (bicyclic) bond motifs is 1. The lowest BCUT2D eigenvalue weighted by Crippen LogP contribution is -2.18. The lowest BCUT2D eigenvalue weighted by atomic mass is 9.94. The van der Waals surface area contributed by atoms with E-state index in [9.17, 15) is 14.0 Å². The number of carbonyl (C=O) groups excluding carboxylic acids is 1. The summed E-state index contributed by atoms with van der Waals surface area (Å²) >= 11 is 6.18. The highest BCUT2D eigenvalue weighted by Gasteiger charge is 2.19. The summed E-state index contributed by atoms with van der Waals surface area (Å²) < 4.78 is 13.9. The second-order valence-corrected chi connectivity index (χ2v) is 6.92. The van der Waals surface area contributed by atoms with Gasteiger partial charge >= 0.3 is 0 Å². The Bertz CT molecular complexity index is 1310. The minimum atomic E-state index is -0.518. The SMILES string of the molecule is O=C(C=Cc1ccccc1F)c1c(-c2ccccc2)c2cc(Cl)ccc2[nH]c1=O. The van der Waals surface area contributed by atoms with Crippen LogP contribution in [-0.2, 0) is 0 Å². The molecule has 1 heterocycles. The summed E-state index contributed by atoms with van der Waals surface area (Å²) in [5, 5.41) is 1.15. The molecule has 0 saturated carbocycles. The molecule has 0 saturated heterocycles. The van der Waals surface area contributed by atoms with Crippen molar-refractivity contribution in [1.82, 2.24) is 4.98 Å². The topological polar surface area (TPSA) is 49.9 Å². The molecule has 3 nitrogen and oxygen atoms in total. The fourth-order valence-corrected chi connectivity index (χ4v) is 3.44. The standard InChI is InChI=1S/C24H15ClFNO2/c25-17-11-12-20-18(14-17)22(16-7-2-1-3-8-16)23(24(29)27-20)21(28)13-10-15-6-4-5-9-19(15)26/h1-14H,(H,27,29). The highest BCUT2D eigenvalue weighted by molar-refractivity contribution is 6.31. The highest BCUT2D eigenvalue weighted by Crippen LogP contribution is 2.31. The van der Waals surface area contributed by atoms with Crippen LogP contribution in [0.2, 0.25) is 5.02 Å². The number of hydrogen-bond donors (Lipinski definition) is 1. The third kappa shape index (κ3) is 3.75. The Balaban J connectivity index is 1.94. The third-order valence-corrected chi connectivity index (χ3v) is 4.84. The van der Waals surface area contributed by atoms with Crippen LogP contribution in [0.25, 0.3) is 28.1 Å². The number of aromatic amines is 1. The van der Waals surface area contributed by atoms with E-state index in [1.54, 1.807) is 36.4 Å². The molecule has 0 spiro atoms. The molecular weight excluding hydrogens is 389 g/mol. The van der Waals surface area contributed by atoms with Crippen molar-refractivity contribution in [3.63, 3.8) is 0 Å². The van der Waals surface area contributed by atoms with Crippen molar-refractivity contribution in [3.8, 4) is 11.1 Å². The smallest absolute Gasteiger partial charge is 0.260 e. The molecule has 0 atom stereocenters. The number of allylic oxidation sites excluding steroid dienone is 1. The lowest BCUT2D eigenvalue weighted by Gasteiger charge is -2.11. The number of ketones is 1. The van der Waals surface area contributed by atoms with Crippen LogP contribution >= 0.6 is 11.6 Å². The molecule has 0 aliphatic carbocycles. The summed E-state index contributed by atoms with van der Waals surface area (Å²) in [5.74, 6) is -0.964. The van der Waals surface area contributed by atoms with Gasteiger partial charge in [-0.2, -0.15) is 0 Å². The molecule has 0 bridgehead atoms. The number of benzene rings is 3. The normalized spacial score (nSPS) is 11.2. The Hall–Kier alpha value is -3.50. The molecule has 0 amide bonds. The first kappa shape index (κ1) is 18.8. The summed E-state index contributed by atoms with van der Waals surface area (Å²) in [4.78, 5) is 28.6. The van der Waals surface area contributed by atoms with Crippen LogP contribution < -0.4 is 5.56 Å². The first-order chi connectivity index (χ1) is 14.0. The van der Waals surface area contributed by atoms with Crippen LogP contribution in [0.3, 0.4) is 0 Å². The second kappa shape index (κ2) is 7.86. The van der Waals surface area contributed by atoms with Crippen molar-refractivity contribution in [2.24, 2.45) is 0 Å². The highest BCUT2D eigenvalue weighted by atomic mass is 35.5. The molecule has 0 fully saturated rings. The van der Waals surface area contributed by atoms with E-state index in [1.165, 1.54) is 18.2 Å². The van der Waals surface area contributed by atoms with Gasteiger partial charge in [0.05, 0.1) is 5.56 Å². The van der Waals surface area contributed by atoms with E-state index in [-0.39, 0.29) is 11.1 Å². The number of H-pyrrole nitrogens is 1. The fourth-order valence-electron chi connectivity index (χ4n) is 3.26. The van der Waals surface area contributed by atoms with Crippen molar-refractivity contribution in [2.45, 2.75) is 0 Å². The zero-order valence-corrected chi connectivity index (χ0v) is 15.9. The number of aromatic nitrogens is 1. The van der Waals surface area contributed by atoms with Gasteiger partial charge < -0.3 is 4.98 Å². The molecule has 4 aromatic rings. The van der Waals surface area contributed by atoms with Gasteiger partial charge in [-0.05, 0) is 42.0 Å². The van der Waals surface area contributed by atoms with Crippen LogP contribution in [-0.4, -0.2) is 10.8 Å². The van der Waals surface area contributed by atoms with Crippen molar-refractivity contribution in [1.29, 1.82) is 0 Å². The van der Waals surface area contributed by atoms with Gasteiger partial charge in [-0.25, -0.2) is 4.39 Å². The number of pyridine rings is 1. The monoisotopic (exact) mass is 403 g/mol. The average Bonchev–Trinajstić information content (AvgIpc) is 2.73. The molecule has 1 aromatic heterocycles. The lowest BCUT2D eigenvalue weighted by molar-refractivity contribution is 0.104. The predicted molar refractivity (Wildman–Crippen MR) is 115 cm³/mol. The molecule has 0 aliphatic rings. The van der Waals surface area contributed by atoms with Crippen LogP contribution in [0.4, 0.5) is 4.39 Å². The molecule has 3 aromatic carbocycles. The predicted octanol–water partition coefficient (Wildman–Crippen LogP) is 5.88. The maximum atomic E-state index is 13.9. The van der Waals surface area contributed by atoms with E-state index in [0.29, 0.717) is 27.1 Å². The van der Waals surface area contributed by atoms with Crippen LogP contribution in [0.1, 0.15) is 15.9 Å². The Labute approximate surface area is 171 Å². The molecule has 5 heteroatoms. The number of hydrogen-bond acceptors (Lipinski definition) is 2. The molecule has 0 radical (unpaired) electrons. The molecular formula is C24H15ClFNO2. The van der Waals surface area contributed by atoms with Gasteiger partial charge in [-0.15, -0.1) is 0 Å². The first-order valence-electron chi connectivity index (χ1n) is 8.92. The first-order valence-corrected chi connectivity index (χ1v) is 9.30. The maximum Gasteiger partial charge on any atom is 0.260 e. The Morgan fingerprint density at radius 2 is 1.69 bits per heavy atom. The summed E-state index contributed by atoms with van der Waals surface area (Å²) in [6.07, 6.45) is 2.58. The second-order valence-electron chi connectivity index (χ2n) is 6.48. The minimum absolute atomic E-state index is 0.0152. The zero-order valence-electron chi connectivity index (χ0n) is 15.2. The number of nitrogens with one attached hydrogen (secondary N) is 1. The van der Waals surface area contributed by atoms with Gasteiger partial charge in [-0.3, -0.25) is 9.59 Å². The Morgan fingerprint density at radius 1 is 0.966 bits per heavy atom. The summed E-state index contributed by atoms with van der Waals surface area (Å²) in [5.41, 5.74) is 1.53. The summed E-state index contributed by atoms with van der Waals surface area (Å²) in [7, 11) is 0. The Kier molecular flexibility index (Phi) is 5.10. The quantitative estimate of drug-likeness (QED) is 0.341. The maximum absolute atomic E-state index is 13.9. The number of rotatable bonds is 4. The van der Waals surface area contributed by atoms with Crippen LogP contribution in [0.15, 0.2) is 83.7 Å². The molecule has 0 unspecified atom stereocenters. The van der Waals surface area contributed by atoms with Gasteiger partial charge in [0.2, 0.25) is 0 Å². The molecule has 4 rings (SSSR count). The van der Waals surface area contributed by atoms with E-state index >= 15 is 0 Å². The third-order valence-electron chi connectivity index (χ3n) is 4.60. The van der Waals surface area contributed by atoms with E-state index in [1.807, 2.05) is 30.3 Å². The van der Waals surface area contributed by atoms with Gasteiger partial charge in [0.1, 0.15) is 5.82 Å². The van der Waals surface area contributed by atoms with E-state index < -0.39 is 17.2 Å². The van der Waals surface area contributed by atoms with Crippen LogP contribution in [0.5, 0.6) is 0 Å². The summed E-state index contributed by atoms with van der Waals surface area (Å²) in [6.45, 7) is 0. The largest absolute Gasteiger partial charge is 0.321 e. The molecule has 1 N–H and O–H groups in total. The van der Waals surface area contributed by atoms with E-state index in [0.717, 1.165) is 0 Å². The van der Waals surface area contributed by atoms with Crippen LogP contribution in [0, 0.1) is 5.82 Å². The van der Waals surface area contributed by atoms with Crippen molar-refractivity contribution in [3.05, 3.63) is 111 Å². The average molecular weight is 404 g/mol. The summed E-state index contributed by atoms with van der Waals surface area (Å²) in [6, 6.07) is 20.4. The zero-order chi connectivity index (χ0) is 20.4. The van der Waals surface area contributed by atoms with E-state index in [4.69, 9.17) is 11.6 Å². The fraction of sp³-hybridized carbons (Fsp3) is 0. The Morgan fingerprint density at radius 3 is 2.45 bits per heavy atom. The van der Waals surface area contributed by atoms with Crippen molar-refractivity contribution >= 4 is 34.4 Å². The van der Waals surface area contributed by atoms with Gasteiger partial charge in [0, 0.05) is 27.1 Å². The van der Waals surface area contributed by atoms with E-state index in [2.05, 4.69) is 4.98 Å². The molecule has 0 aliphatic heterocycles. The van der Waals surface area contributed by atoms with Gasteiger partial charge in [0.25, 0.3) is 5.56 Å². The number of carbonyl (C=O) groups is 1. The molecule has 29 heavy (non-hydrogen) atoms. The number of halogens is 2. The minimum Gasteiger partial charge on any atom is -0.321 e. The van der Waals surface area contributed by atoms with Gasteiger partial charge in [0.15, 0.2) is 5.78 Å². The van der Waals surface area contributed by atoms with Crippen molar-refractivity contribution in [2.75, 3.05) is 0 Å². The van der Waals surface area contributed by atoms with Gasteiger partial charge in [-0.1, -0.05) is 60.1 Å². The van der Waals surface area contributed by atoms with Crippen molar-refractivity contribution < 1.29 is 9.18 Å². The molecule has 142 valence electrons.